The zero-order chi connectivity index (χ0) is 21.4. The molecule has 0 aromatic heterocycles. The molecule has 0 bridgehead atoms. The van der Waals surface area contributed by atoms with E-state index in [1.807, 2.05) is 72.8 Å². The number of Topliss-reactive ketones (excluding diaryl/α,β-unsaturated/α-hetero) is 1. The number of ether oxygens (including phenoxy) is 2. The van der Waals surface area contributed by atoms with Crippen LogP contribution < -0.4 is 4.74 Å². The molecule has 152 valence electrons. The first-order valence-electron chi connectivity index (χ1n) is 9.73. The van der Waals surface area contributed by atoms with Gasteiger partial charge in [0.1, 0.15) is 28.9 Å². The molecule has 3 aromatic carbocycles. The Labute approximate surface area is 183 Å². The molecule has 5 rings (SSSR count). The summed E-state index contributed by atoms with van der Waals surface area (Å²) < 4.78 is 26.7. The number of carbonyl (C=O) groups is 1. The van der Waals surface area contributed by atoms with Crippen molar-refractivity contribution >= 4 is 29.0 Å². The Hall–Kier alpha value is -3.63. The number of carbonyl (C=O) groups excluding carboxylic acids is 1. The van der Waals surface area contributed by atoms with Gasteiger partial charge in [-0.2, -0.15) is 0 Å². The standard InChI is InChI=1S/C26H16ClFO3/c27-23-24(28)25(29)19-14-17-10-7-13-20(31-18-11-5-2-6-12-18)21(17)22(19)26(23)30-15-16-8-3-1-4-9-16/h1-14H,15H2. The fourth-order valence-electron chi connectivity index (χ4n) is 3.71. The number of hydrogen-bond acceptors (Lipinski definition) is 3. The minimum atomic E-state index is -1.02. The Balaban J connectivity index is 1.62. The van der Waals surface area contributed by atoms with Crippen LogP contribution in [0.1, 0.15) is 16.7 Å². The van der Waals surface area contributed by atoms with Crippen LogP contribution in [0, 0.1) is 0 Å². The predicted octanol–water partition coefficient (Wildman–Crippen LogP) is 6.81. The van der Waals surface area contributed by atoms with Crippen molar-refractivity contribution in [1.82, 2.24) is 0 Å². The summed E-state index contributed by atoms with van der Waals surface area (Å²) in [6.07, 6.45) is 1.65. The van der Waals surface area contributed by atoms with Crippen LogP contribution in [-0.2, 0) is 16.1 Å². The quantitative estimate of drug-likeness (QED) is 0.446. The molecule has 0 heterocycles. The summed E-state index contributed by atoms with van der Waals surface area (Å²) in [5.41, 5.74) is 2.96. The van der Waals surface area contributed by atoms with E-state index in [4.69, 9.17) is 21.1 Å². The molecule has 31 heavy (non-hydrogen) atoms. The summed E-state index contributed by atoms with van der Waals surface area (Å²) >= 11 is 6.27. The first kappa shape index (κ1) is 19.3. The Kier molecular flexibility index (Phi) is 4.92. The number of allylic oxidation sites excluding steroid dienone is 4. The fourth-order valence-corrected chi connectivity index (χ4v) is 3.94. The average Bonchev–Trinajstić information content (AvgIpc) is 3.20. The van der Waals surface area contributed by atoms with Crippen molar-refractivity contribution < 1.29 is 18.7 Å². The third-order valence-electron chi connectivity index (χ3n) is 5.14. The van der Waals surface area contributed by atoms with E-state index in [2.05, 4.69) is 0 Å². The Morgan fingerprint density at radius 1 is 0.871 bits per heavy atom. The molecule has 2 aliphatic carbocycles. The van der Waals surface area contributed by atoms with Crippen LogP contribution >= 0.6 is 11.6 Å². The lowest BCUT2D eigenvalue weighted by Gasteiger charge is -2.21. The van der Waals surface area contributed by atoms with Crippen LogP contribution in [0.4, 0.5) is 4.39 Å². The predicted molar refractivity (Wildman–Crippen MR) is 118 cm³/mol. The smallest absolute Gasteiger partial charge is 0.223 e. The molecule has 0 aliphatic heterocycles. The van der Waals surface area contributed by atoms with Crippen LogP contribution in [0.2, 0.25) is 0 Å². The maximum Gasteiger partial charge on any atom is 0.223 e. The molecule has 0 radical (unpaired) electrons. The number of hydrogen-bond donors (Lipinski definition) is 0. The molecule has 3 aromatic rings. The van der Waals surface area contributed by atoms with E-state index in [0.717, 1.165) is 11.1 Å². The monoisotopic (exact) mass is 430 g/mol. The van der Waals surface area contributed by atoms with Crippen molar-refractivity contribution in [3.8, 4) is 11.5 Å². The molecule has 0 saturated carbocycles. The van der Waals surface area contributed by atoms with Crippen LogP contribution in [0.25, 0.3) is 11.6 Å². The molecule has 3 nitrogen and oxygen atoms in total. The maximum absolute atomic E-state index is 14.7. The number of fused-ring (bicyclic) bond motifs is 3. The lowest BCUT2D eigenvalue weighted by Crippen LogP contribution is -2.14. The molecule has 0 spiro atoms. The SMILES string of the molecule is O=C1C2=Cc3cccc(Oc4ccccc4)c3C2=C(OCc2ccccc2)C(Cl)=C1F. The van der Waals surface area contributed by atoms with Gasteiger partial charge < -0.3 is 9.47 Å². The number of para-hydroxylation sites is 1. The van der Waals surface area contributed by atoms with Crippen molar-refractivity contribution in [1.29, 1.82) is 0 Å². The molecule has 2 aliphatic rings. The van der Waals surface area contributed by atoms with Gasteiger partial charge in [-0.3, -0.25) is 4.79 Å². The molecule has 0 fully saturated rings. The molecule has 5 heteroatoms. The summed E-state index contributed by atoms with van der Waals surface area (Å²) in [5.74, 6) is -0.458. The first-order valence-corrected chi connectivity index (χ1v) is 10.1. The molecular weight excluding hydrogens is 415 g/mol. The lowest BCUT2D eigenvalue weighted by molar-refractivity contribution is -0.113. The third kappa shape index (κ3) is 3.45. The second-order valence-corrected chi connectivity index (χ2v) is 7.51. The fraction of sp³-hybridized carbons (Fsp3) is 0.0385. The summed E-state index contributed by atoms with van der Waals surface area (Å²) in [5, 5.41) is -0.324. The average molecular weight is 431 g/mol. The highest BCUT2D eigenvalue weighted by molar-refractivity contribution is 6.39. The van der Waals surface area contributed by atoms with Crippen molar-refractivity contribution in [2.75, 3.05) is 0 Å². The van der Waals surface area contributed by atoms with Crippen molar-refractivity contribution in [2.24, 2.45) is 0 Å². The van der Waals surface area contributed by atoms with Crippen LogP contribution in [-0.4, -0.2) is 5.78 Å². The normalized spacial score (nSPS) is 14.9. The second kappa shape index (κ2) is 7.89. The van der Waals surface area contributed by atoms with Crippen LogP contribution in [0.5, 0.6) is 11.5 Å². The van der Waals surface area contributed by atoms with Gasteiger partial charge >= 0.3 is 0 Å². The van der Waals surface area contributed by atoms with Gasteiger partial charge in [0.25, 0.3) is 0 Å². The van der Waals surface area contributed by atoms with Gasteiger partial charge in [-0.15, -0.1) is 0 Å². The minimum Gasteiger partial charge on any atom is -0.487 e. The van der Waals surface area contributed by atoms with E-state index < -0.39 is 11.6 Å². The second-order valence-electron chi connectivity index (χ2n) is 7.13. The van der Waals surface area contributed by atoms with Gasteiger partial charge in [0.2, 0.25) is 5.78 Å². The molecular formula is C26H16ClFO3. The van der Waals surface area contributed by atoms with Gasteiger partial charge in [-0.25, -0.2) is 4.39 Å². The third-order valence-corrected chi connectivity index (χ3v) is 5.48. The molecule has 0 amide bonds. The Bertz CT molecular complexity index is 1270. The van der Waals surface area contributed by atoms with E-state index in [1.54, 1.807) is 12.1 Å². The maximum atomic E-state index is 14.7. The molecule has 0 atom stereocenters. The topological polar surface area (TPSA) is 35.5 Å². The summed E-state index contributed by atoms with van der Waals surface area (Å²) in [6, 6.07) is 24.3. The van der Waals surface area contributed by atoms with E-state index in [1.165, 1.54) is 0 Å². The van der Waals surface area contributed by atoms with Gasteiger partial charge in [0, 0.05) is 16.7 Å². The lowest BCUT2D eigenvalue weighted by atomic mass is 9.93. The zero-order valence-corrected chi connectivity index (χ0v) is 17.0. The highest BCUT2D eigenvalue weighted by Crippen LogP contribution is 2.50. The van der Waals surface area contributed by atoms with Crippen LogP contribution in [0.15, 0.2) is 101 Å². The van der Waals surface area contributed by atoms with Gasteiger partial charge in [-0.1, -0.05) is 72.3 Å². The Morgan fingerprint density at radius 2 is 1.58 bits per heavy atom. The summed E-state index contributed by atoms with van der Waals surface area (Å²) in [6.45, 7) is 0.182. The summed E-state index contributed by atoms with van der Waals surface area (Å²) in [4.78, 5) is 12.7. The van der Waals surface area contributed by atoms with Crippen molar-refractivity contribution in [3.63, 3.8) is 0 Å². The Morgan fingerprint density at radius 3 is 2.32 bits per heavy atom. The molecule has 0 N–H and O–H groups in total. The number of rotatable bonds is 5. The first-order chi connectivity index (χ1) is 15.1. The van der Waals surface area contributed by atoms with Crippen LogP contribution in [0.3, 0.4) is 0 Å². The highest BCUT2D eigenvalue weighted by atomic mass is 35.5. The molecule has 0 saturated heterocycles. The zero-order valence-electron chi connectivity index (χ0n) is 16.3. The van der Waals surface area contributed by atoms with Gasteiger partial charge in [0.15, 0.2) is 5.83 Å². The summed E-state index contributed by atoms with van der Waals surface area (Å²) in [7, 11) is 0. The van der Waals surface area contributed by atoms with Crippen molar-refractivity contribution in [2.45, 2.75) is 6.61 Å². The van der Waals surface area contributed by atoms with Crippen molar-refractivity contribution in [3.05, 3.63) is 118 Å². The van der Waals surface area contributed by atoms with E-state index >= 15 is 0 Å². The van der Waals surface area contributed by atoms with Gasteiger partial charge in [-0.05, 0) is 35.4 Å². The number of halogens is 2. The van der Waals surface area contributed by atoms with E-state index in [9.17, 15) is 9.18 Å². The number of ketones is 1. The number of benzene rings is 3. The highest BCUT2D eigenvalue weighted by Gasteiger charge is 2.39. The van der Waals surface area contributed by atoms with Gasteiger partial charge in [0.05, 0.1) is 0 Å². The minimum absolute atomic E-state index is 0.136. The largest absolute Gasteiger partial charge is 0.487 e. The molecule has 0 unspecified atom stereocenters. The van der Waals surface area contributed by atoms with E-state index in [0.29, 0.717) is 22.6 Å². The van der Waals surface area contributed by atoms with E-state index in [-0.39, 0.29) is 23.0 Å².